The number of hydrogen-bond acceptors (Lipinski definition) is 5. The van der Waals surface area contributed by atoms with E-state index in [9.17, 15) is 4.79 Å². The smallest absolute Gasteiger partial charge is 0.228 e. The molecule has 0 unspecified atom stereocenters. The van der Waals surface area contributed by atoms with Crippen molar-refractivity contribution in [3.05, 3.63) is 65.1 Å². The topological polar surface area (TPSA) is 53.9 Å². The highest BCUT2D eigenvalue weighted by Crippen LogP contribution is 2.35. The Morgan fingerprint density at radius 3 is 2.85 bits per heavy atom. The first-order chi connectivity index (χ1) is 12.7. The Balaban J connectivity index is 1.41. The van der Waals surface area contributed by atoms with Gasteiger partial charge < -0.3 is 15.0 Å². The zero-order chi connectivity index (χ0) is 17.9. The largest absolute Gasteiger partial charge is 0.496 e. The molecule has 2 aromatic rings. The molecule has 0 saturated heterocycles. The van der Waals surface area contributed by atoms with Gasteiger partial charge in [-0.1, -0.05) is 42.1 Å². The maximum atomic E-state index is 12.3. The van der Waals surface area contributed by atoms with Crippen LogP contribution >= 0.6 is 11.8 Å². The lowest BCUT2D eigenvalue weighted by Gasteiger charge is -2.17. The maximum Gasteiger partial charge on any atom is 0.228 e. The molecule has 6 heteroatoms. The van der Waals surface area contributed by atoms with Crippen LogP contribution in [0, 0.1) is 0 Å². The van der Waals surface area contributed by atoms with E-state index in [0.717, 1.165) is 40.8 Å². The first kappa shape index (κ1) is 16.7. The molecule has 0 fully saturated rings. The summed E-state index contributed by atoms with van der Waals surface area (Å²) >= 11 is 1.67. The Morgan fingerprint density at radius 1 is 1.23 bits per heavy atom. The fourth-order valence-corrected chi connectivity index (χ4v) is 4.06. The number of nitrogens with zero attached hydrogens (tertiary/aromatic N) is 2. The lowest BCUT2D eigenvalue weighted by Crippen LogP contribution is -2.19. The zero-order valence-corrected chi connectivity index (χ0v) is 15.3. The van der Waals surface area contributed by atoms with Gasteiger partial charge in [-0.25, -0.2) is 0 Å². The van der Waals surface area contributed by atoms with Crippen LogP contribution in [0.1, 0.15) is 11.1 Å². The van der Waals surface area contributed by atoms with Crippen molar-refractivity contribution in [1.82, 2.24) is 4.90 Å². The molecular formula is C20H19N3O2S. The van der Waals surface area contributed by atoms with Crippen LogP contribution in [0.15, 0.2) is 58.9 Å². The van der Waals surface area contributed by atoms with Crippen molar-refractivity contribution in [2.75, 3.05) is 25.5 Å². The van der Waals surface area contributed by atoms with E-state index >= 15 is 0 Å². The van der Waals surface area contributed by atoms with Crippen LogP contribution in [-0.2, 0) is 11.2 Å². The average molecular weight is 365 g/mol. The van der Waals surface area contributed by atoms with Gasteiger partial charge in [-0.15, -0.1) is 0 Å². The Morgan fingerprint density at radius 2 is 2.04 bits per heavy atom. The van der Waals surface area contributed by atoms with E-state index in [0.29, 0.717) is 0 Å². The van der Waals surface area contributed by atoms with Gasteiger partial charge in [-0.3, -0.25) is 9.79 Å². The Bertz CT molecular complexity index is 890. The van der Waals surface area contributed by atoms with Gasteiger partial charge >= 0.3 is 0 Å². The standard InChI is InChI=1S/C20H19N3O2S/c1-25-18-5-3-2-4-15(18)12-19(24)22-16-8-6-14(7-9-16)17-13-26-20-21-10-11-23(17)20/h2-9,13H,10-12H2,1H3,(H,22,24). The number of fused-ring (bicyclic) bond motifs is 1. The van der Waals surface area contributed by atoms with Crippen LogP contribution < -0.4 is 10.1 Å². The molecule has 2 aliphatic heterocycles. The van der Waals surface area contributed by atoms with Crippen molar-refractivity contribution in [2.45, 2.75) is 6.42 Å². The van der Waals surface area contributed by atoms with E-state index in [1.165, 1.54) is 5.70 Å². The first-order valence-electron chi connectivity index (χ1n) is 8.45. The van der Waals surface area contributed by atoms with Crippen molar-refractivity contribution in [3.8, 4) is 5.75 Å². The first-order valence-corrected chi connectivity index (χ1v) is 9.33. The second kappa shape index (κ2) is 7.25. The number of thioether (sulfide) groups is 1. The number of anilines is 1. The molecule has 132 valence electrons. The fourth-order valence-electron chi connectivity index (χ4n) is 3.10. The summed E-state index contributed by atoms with van der Waals surface area (Å²) in [5.41, 5.74) is 3.97. The van der Waals surface area contributed by atoms with Crippen molar-refractivity contribution in [1.29, 1.82) is 0 Å². The number of carbonyl (C=O) groups is 1. The van der Waals surface area contributed by atoms with Gasteiger partial charge in [0.05, 0.1) is 25.8 Å². The summed E-state index contributed by atoms with van der Waals surface area (Å²) < 4.78 is 5.30. The van der Waals surface area contributed by atoms with Gasteiger partial charge in [0.1, 0.15) is 5.75 Å². The molecule has 0 spiro atoms. The van der Waals surface area contributed by atoms with E-state index in [4.69, 9.17) is 4.74 Å². The molecule has 26 heavy (non-hydrogen) atoms. The molecule has 0 saturated carbocycles. The van der Waals surface area contributed by atoms with Crippen LogP contribution in [0.4, 0.5) is 5.69 Å². The van der Waals surface area contributed by atoms with Crippen LogP contribution in [-0.4, -0.2) is 36.2 Å². The van der Waals surface area contributed by atoms with Crippen molar-refractivity contribution in [3.63, 3.8) is 0 Å². The number of benzene rings is 2. The van der Waals surface area contributed by atoms with E-state index < -0.39 is 0 Å². The van der Waals surface area contributed by atoms with Gasteiger partial charge in [0.15, 0.2) is 5.17 Å². The highest BCUT2D eigenvalue weighted by atomic mass is 32.2. The molecule has 2 heterocycles. The molecule has 1 amide bonds. The lowest BCUT2D eigenvalue weighted by atomic mass is 10.1. The van der Waals surface area contributed by atoms with E-state index in [-0.39, 0.29) is 12.3 Å². The van der Waals surface area contributed by atoms with Crippen molar-refractivity contribution < 1.29 is 9.53 Å². The van der Waals surface area contributed by atoms with Gasteiger partial charge in [-0.05, 0) is 23.8 Å². The number of amidine groups is 1. The highest BCUT2D eigenvalue weighted by Gasteiger charge is 2.26. The highest BCUT2D eigenvalue weighted by molar-refractivity contribution is 8.16. The van der Waals surface area contributed by atoms with E-state index in [1.54, 1.807) is 18.9 Å². The minimum atomic E-state index is -0.0631. The third kappa shape index (κ3) is 3.32. The number of amides is 1. The number of aliphatic imine (C=N–C) groups is 1. The van der Waals surface area contributed by atoms with Crippen molar-refractivity contribution >= 4 is 34.2 Å². The zero-order valence-electron chi connectivity index (χ0n) is 14.4. The summed E-state index contributed by atoms with van der Waals surface area (Å²) in [5.74, 6) is 0.665. The molecule has 0 aliphatic carbocycles. The fraction of sp³-hybridized carbons (Fsp3) is 0.200. The summed E-state index contributed by atoms with van der Waals surface area (Å²) in [7, 11) is 1.61. The summed E-state index contributed by atoms with van der Waals surface area (Å²) in [6.45, 7) is 1.79. The summed E-state index contributed by atoms with van der Waals surface area (Å²) in [6.07, 6.45) is 0.279. The van der Waals surface area contributed by atoms with Crippen LogP contribution in [0.25, 0.3) is 5.70 Å². The minimum Gasteiger partial charge on any atom is -0.496 e. The molecule has 4 rings (SSSR count). The Kier molecular flexibility index (Phi) is 4.67. The van der Waals surface area contributed by atoms with Crippen LogP contribution in [0.5, 0.6) is 5.75 Å². The van der Waals surface area contributed by atoms with Crippen LogP contribution in [0.2, 0.25) is 0 Å². The molecule has 0 radical (unpaired) electrons. The van der Waals surface area contributed by atoms with Crippen LogP contribution in [0.3, 0.4) is 0 Å². The normalized spacial score (nSPS) is 15.3. The number of para-hydroxylation sites is 1. The third-order valence-corrected chi connectivity index (χ3v) is 5.28. The number of carbonyl (C=O) groups excluding carboxylic acids is 1. The van der Waals surface area contributed by atoms with Gasteiger partial charge in [-0.2, -0.15) is 0 Å². The molecule has 1 N–H and O–H groups in total. The van der Waals surface area contributed by atoms with E-state index in [2.05, 4.69) is 20.6 Å². The molecular weight excluding hydrogens is 346 g/mol. The SMILES string of the molecule is COc1ccccc1CC(=O)Nc1ccc(C2=CSC3=NCCN23)cc1. The van der Waals surface area contributed by atoms with Gasteiger partial charge in [0, 0.05) is 23.2 Å². The third-order valence-electron chi connectivity index (χ3n) is 4.38. The number of hydrogen-bond donors (Lipinski definition) is 1. The van der Waals surface area contributed by atoms with E-state index in [1.807, 2.05) is 48.5 Å². The average Bonchev–Trinajstić information content (AvgIpc) is 3.26. The minimum absolute atomic E-state index is 0.0631. The predicted octanol–water partition coefficient (Wildman–Crippen LogP) is 3.59. The second-order valence-corrected chi connectivity index (χ2v) is 6.89. The molecule has 5 nitrogen and oxygen atoms in total. The van der Waals surface area contributed by atoms with Gasteiger partial charge in [0.2, 0.25) is 5.91 Å². The second-order valence-electron chi connectivity index (χ2n) is 6.05. The number of nitrogens with one attached hydrogen (secondary N) is 1. The predicted molar refractivity (Wildman–Crippen MR) is 106 cm³/mol. The molecule has 0 bridgehead atoms. The maximum absolute atomic E-state index is 12.3. The number of rotatable bonds is 5. The monoisotopic (exact) mass is 365 g/mol. The summed E-state index contributed by atoms with van der Waals surface area (Å²) in [4.78, 5) is 19.0. The molecule has 0 atom stereocenters. The molecule has 0 aromatic heterocycles. The summed E-state index contributed by atoms with van der Waals surface area (Å²) in [5, 5.41) is 6.16. The molecule has 2 aromatic carbocycles. The lowest BCUT2D eigenvalue weighted by molar-refractivity contribution is -0.115. The quantitative estimate of drug-likeness (QED) is 0.880. The Hall–Kier alpha value is -2.73. The Labute approximate surface area is 156 Å². The summed E-state index contributed by atoms with van der Waals surface area (Å²) in [6, 6.07) is 15.5. The number of methoxy groups -OCH3 is 1. The van der Waals surface area contributed by atoms with Crippen molar-refractivity contribution in [2.24, 2.45) is 4.99 Å². The number of ether oxygens (including phenoxy) is 1. The van der Waals surface area contributed by atoms with Gasteiger partial charge in [0.25, 0.3) is 0 Å². The molecule has 2 aliphatic rings.